The number of furan rings is 2. The number of fused-ring (bicyclic) bond motifs is 4. The molecule has 5 aromatic rings. The molecular formula is C42H46O10. The van der Waals surface area contributed by atoms with Crippen LogP contribution < -0.4 is 19.8 Å². The van der Waals surface area contributed by atoms with Gasteiger partial charge in [0.25, 0.3) is 0 Å². The van der Waals surface area contributed by atoms with E-state index < -0.39 is 17.2 Å². The highest BCUT2D eigenvalue weighted by atomic mass is 16.9. The van der Waals surface area contributed by atoms with E-state index in [1.165, 1.54) is 11.6 Å². The molecule has 3 atom stereocenters. The van der Waals surface area contributed by atoms with Crippen molar-refractivity contribution >= 4 is 32.9 Å². The van der Waals surface area contributed by atoms with E-state index in [4.69, 9.17) is 41.7 Å². The molecule has 0 amide bonds. The maximum Gasteiger partial charge on any atom is 0.336 e. The summed E-state index contributed by atoms with van der Waals surface area (Å²) in [5.74, 6) is 0.857. The van der Waals surface area contributed by atoms with Crippen LogP contribution in [0.25, 0.3) is 32.9 Å². The summed E-state index contributed by atoms with van der Waals surface area (Å²) in [4.78, 5) is 11.8. The highest BCUT2D eigenvalue weighted by Crippen LogP contribution is 2.49. The van der Waals surface area contributed by atoms with Gasteiger partial charge >= 0.3 is 11.6 Å². The Morgan fingerprint density at radius 1 is 0.769 bits per heavy atom. The Morgan fingerprint density at radius 3 is 2.04 bits per heavy atom. The number of benzene rings is 2. The van der Waals surface area contributed by atoms with E-state index in [2.05, 4.69) is 53.7 Å². The zero-order valence-electron chi connectivity index (χ0n) is 30.7. The van der Waals surface area contributed by atoms with Gasteiger partial charge in [0, 0.05) is 30.2 Å². The quantitative estimate of drug-likeness (QED) is 0.0704. The number of epoxide rings is 1. The van der Waals surface area contributed by atoms with Crippen LogP contribution in [0.1, 0.15) is 79.2 Å². The van der Waals surface area contributed by atoms with Crippen LogP contribution in [0.2, 0.25) is 0 Å². The van der Waals surface area contributed by atoms with Crippen LogP contribution in [0.4, 0.5) is 0 Å². The van der Waals surface area contributed by atoms with E-state index in [-0.39, 0.29) is 11.7 Å². The third-order valence-electron chi connectivity index (χ3n) is 10.6. The first-order chi connectivity index (χ1) is 24.9. The van der Waals surface area contributed by atoms with Crippen LogP contribution in [0.3, 0.4) is 0 Å². The van der Waals surface area contributed by atoms with Crippen molar-refractivity contribution in [3.05, 3.63) is 88.2 Å². The molecule has 0 N–H and O–H groups in total. The highest BCUT2D eigenvalue weighted by molar-refractivity contribution is 6.01. The lowest BCUT2D eigenvalue weighted by Gasteiger charge is -2.34. The normalized spacial score (nSPS) is 23.7. The predicted octanol–water partition coefficient (Wildman–Crippen LogP) is 9.55. The molecule has 3 aliphatic rings. The minimum Gasteiger partial charge on any atom is -0.488 e. The summed E-state index contributed by atoms with van der Waals surface area (Å²) in [6.07, 6.45) is 12.3. The molecule has 10 nitrogen and oxygen atoms in total. The van der Waals surface area contributed by atoms with Crippen molar-refractivity contribution in [3.63, 3.8) is 0 Å². The average molecular weight is 711 g/mol. The fourth-order valence-electron chi connectivity index (χ4n) is 7.46. The predicted molar refractivity (Wildman–Crippen MR) is 196 cm³/mol. The van der Waals surface area contributed by atoms with E-state index in [9.17, 15) is 4.79 Å². The van der Waals surface area contributed by atoms with Crippen molar-refractivity contribution < 1.29 is 41.7 Å². The minimum atomic E-state index is -1.20. The van der Waals surface area contributed by atoms with Crippen LogP contribution in [0.15, 0.2) is 90.3 Å². The van der Waals surface area contributed by atoms with Gasteiger partial charge in [-0.05, 0) is 104 Å². The fourth-order valence-corrected chi connectivity index (χ4v) is 7.46. The van der Waals surface area contributed by atoms with Gasteiger partial charge in [-0.15, -0.1) is 0 Å². The standard InChI is InChI=1S/C42H46O10/c1-25(7-10-35-40(3,4)50-35)15-20-47-39-28-13-18-42(49-34(28)24-32-30(39)17-22-45-32)51-36(41(5,6)52-42)11-8-26(2)14-19-46-38-27-9-12-37(43)48-33(27)23-31-29(38)16-21-44-31/h9,12,14-17,21-24,35-36H,7-8,10-11,13,18-20H2,1-6H3. The molecule has 3 unspecified atom stereocenters. The molecule has 0 saturated carbocycles. The molecule has 0 bridgehead atoms. The van der Waals surface area contributed by atoms with Gasteiger partial charge in [-0.3, -0.25) is 0 Å². The molecule has 274 valence electrons. The molecular weight excluding hydrogens is 664 g/mol. The number of hydrogen-bond acceptors (Lipinski definition) is 10. The van der Waals surface area contributed by atoms with Gasteiger partial charge in [-0.2, -0.15) is 0 Å². The van der Waals surface area contributed by atoms with Crippen LogP contribution in [-0.4, -0.2) is 42.6 Å². The highest BCUT2D eigenvalue weighted by Gasteiger charge is 2.55. The smallest absolute Gasteiger partial charge is 0.336 e. The van der Waals surface area contributed by atoms with Gasteiger partial charge < -0.3 is 41.7 Å². The Bertz CT molecular complexity index is 2250. The van der Waals surface area contributed by atoms with Crippen molar-refractivity contribution in [1.29, 1.82) is 0 Å². The summed E-state index contributed by atoms with van der Waals surface area (Å²) in [6.45, 7) is 13.4. The second-order valence-corrected chi connectivity index (χ2v) is 15.3. The lowest BCUT2D eigenvalue weighted by Crippen LogP contribution is -2.42. The number of allylic oxidation sites excluding steroid dienone is 2. The Hall–Kier alpha value is -4.51. The first kappa shape index (κ1) is 34.6. The van der Waals surface area contributed by atoms with E-state index >= 15 is 0 Å². The van der Waals surface area contributed by atoms with E-state index in [1.54, 1.807) is 24.7 Å². The van der Waals surface area contributed by atoms with Crippen LogP contribution >= 0.6 is 0 Å². The topological polar surface area (TPSA) is 115 Å². The SMILES string of the molecule is CC(=CCOc1c2c(cc3occc13)OC1(CC2)OC(CCC(C)=CCOc2c3ccoc3cc3oc(=O)ccc23)C(C)(C)O1)CCC1OC1(C)C. The van der Waals surface area contributed by atoms with Gasteiger partial charge in [0.15, 0.2) is 0 Å². The maximum atomic E-state index is 11.8. The van der Waals surface area contributed by atoms with Crippen LogP contribution in [0.5, 0.6) is 17.2 Å². The summed E-state index contributed by atoms with van der Waals surface area (Å²) in [6, 6.07) is 10.5. The van der Waals surface area contributed by atoms with Gasteiger partial charge in [0.2, 0.25) is 0 Å². The molecule has 2 aromatic carbocycles. The zero-order valence-corrected chi connectivity index (χ0v) is 30.7. The molecule has 52 heavy (non-hydrogen) atoms. The van der Waals surface area contributed by atoms with Gasteiger partial charge in [0.05, 0.1) is 52.1 Å². The van der Waals surface area contributed by atoms with E-state index in [0.717, 1.165) is 58.7 Å². The molecule has 10 heteroatoms. The Labute approximate surface area is 302 Å². The van der Waals surface area contributed by atoms with Gasteiger partial charge in [-0.1, -0.05) is 11.1 Å². The minimum absolute atomic E-state index is 0.00965. The lowest BCUT2D eigenvalue weighted by atomic mass is 9.96. The number of ether oxygens (including phenoxy) is 6. The van der Waals surface area contributed by atoms with Crippen molar-refractivity contribution in [2.75, 3.05) is 13.2 Å². The Kier molecular flexibility index (Phi) is 8.75. The molecule has 3 aromatic heterocycles. The van der Waals surface area contributed by atoms with E-state index in [1.807, 2.05) is 18.2 Å². The third kappa shape index (κ3) is 6.75. The first-order valence-electron chi connectivity index (χ1n) is 18.2. The van der Waals surface area contributed by atoms with Crippen molar-refractivity contribution in [3.8, 4) is 17.2 Å². The molecule has 3 aliphatic heterocycles. The van der Waals surface area contributed by atoms with Gasteiger partial charge in [0.1, 0.15) is 47.2 Å². The number of rotatable bonds is 12. The van der Waals surface area contributed by atoms with Crippen LogP contribution in [0, 0.1) is 0 Å². The third-order valence-corrected chi connectivity index (χ3v) is 10.6. The van der Waals surface area contributed by atoms with Crippen molar-refractivity contribution in [1.82, 2.24) is 0 Å². The molecule has 2 saturated heterocycles. The zero-order chi connectivity index (χ0) is 36.3. The lowest BCUT2D eigenvalue weighted by molar-refractivity contribution is -0.312. The van der Waals surface area contributed by atoms with Crippen molar-refractivity contribution in [2.24, 2.45) is 0 Å². The molecule has 6 heterocycles. The summed E-state index contributed by atoms with van der Waals surface area (Å²) in [5.41, 5.74) is 4.15. The summed E-state index contributed by atoms with van der Waals surface area (Å²) >= 11 is 0. The second kappa shape index (κ2) is 13.2. The number of hydrogen-bond donors (Lipinski definition) is 0. The summed E-state index contributed by atoms with van der Waals surface area (Å²) < 4.78 is 55.0. The maximum absolute atomic E-state index is 11.8. The average Bonchev–Trinajstić information content (AvgIpc) is 3.49. The fraction of sp³-hybridized carbons (Fsp3) is 0.452. The largest absolute Gasteiger partial charge is 0.488 e. The van der Waals surface area contributed by atoms with Gasteiger partial charge in [-0.25, -0.2) is 4.79 Å². The van der Waals surface area contributed by atoms with E-state index in [0.29, 0.717) is 60.4 Å². The Morgan fingerprint density at radius 2 is 1.37 bits per heavy atom. The monoisotopic (exact) mass is 710 g/mol. The Balaban J connectivity index is 0.909. The molecule has 0 radical (unpaired) electrons. The molecule has 8 rings (SSSR count). The molecule has 0 aliphatic carbocycles. The second-order valence-electron chi connectivity index (χ2n) is 15.3. The summed E-state index contributed by atoms with van der Waals surface area (Å²) in [5, 5.41) is 2.47. The molecule has 1 spiro atoms. The van der Waals surface area contributed by atoms with Crippen molar-refractivity contribution in [2.45, 2.75) is 109 Å². The first-order valence-corrected chi connectivity index (χ1v) is 18.2. The summed E-state index contributed by atoms with van der Waals surface area (Å²) in [7, 11) is 0. The van der Waals surface area contributed by atoms with Crippen LogP contribution in [-0.2, 0) is 20.6 Å². The molecule has 2 fully saturated rings.